The fourth-order valence-electron chi connectivity index (χ4n) is 2.35. The predicted octanol–water partition coefficient (Wildman–Crippen LogP) is 3.51. The van der Waals surface area contributed by atoms with Gasteiger partial charge in [0, 0.05) is 18.3 Å². The highest BCUT2D eigenvalue weighted by atomic mass is 19.4. The second kappa shape index (κ2) is 4.80. The monoisotopic (exact) mass is 258 g/mol. The van der Waals surface area contributed by atoms with Crippen LogP contribution in [-0.2, 0) is 6.18 Å². The van der Waals surface area contributed by atoms with Gasteiger partial charge in [0.25, 0.3) is 0 Å². The number of nitrogens with zero attached hydrogens (tertiary/aromatic N) is 1. The average Bonchev–Trinajstić information content (AvgIpc) is 2.35. The molecular weight excluding hydrogens is 241 g/mol. The molecule has 1 aromatic rings. The Morgan fingerprint density at radius 1 is 1.39 bits per heavy atom. The SMILES string of the molecule is CCN(C)[C@H]1CCNc2ccc(C(F)(F)F)cc21. The maximum absolute atomic E-state index is 12.7. The Labute approximate surface area is 105 Å². The summed E-state index contributed by atoms with van der Waals surface area (Å²) in [6.45, 7) is 3.63. The first-order valence-corrected chi connectivity index (χ1v) is 6.08. The molecule has 1 atom stereocenters. The lowest BCUT2D eigenvalue weighted by molar-refractivity contribution is -0.137. The molecule has 1 aromatic carbocycles. The molecule has 1 aliphatic heterocycles. The van der Waals surface area contributed by atoms with Crippen LogP contribution in [0.2, 0.25) is 0 Å². The molecule has 0 aliphatic carbocycles. The van der Waals surface area contributed by atoms with Crippen LogP contribution in [-0.4, -0.2) is 25.0 Å². The van der Waals surface area contributed by atoms with Gasteiger partial charge in [-0.15, -0.1) is 0 Å². The van der Waals surface area contributed by atoms with E-state index in [0.717, 1.165) is 36.8 Å². The van der Waals surface area contributed by atoms with E-state index in [-0.39, 0.29) is 6.04 Å². The third kappa shape index (κ3) is 2.46. The van der Waals surface area contributed by atoms with Crippen LogP contribution < -0.4 is 5.32 Å². The van der Waals surface area contributed by atoms with E-state index in [0.29, 0.717) is 0 Å². The van der Waals surface area contributed by atoms with Gasteiger partial charge < -0.3 is 5.32 Å². The van der Waals surface area contributed by atoms with Gasteiger partial charge in [-0.1, -0.05) is 6.92 Å². The lowest BCUT2D eigenvalue weighted by atomic mass is 9.94. The molecule has 1 N–H and O–H groups in total. The second-order valence-corrected chi connectivity index (χ2v) is 4.60. The molecule has 0 spiro atoms. The molecule has 0 fully saturated rings. The second-order valence-electron chi connectivity index (χ2n) is 4.60. The van der Waals surface area contributed by atoms with E-state index < -0.39 is 11.7 Å². The topological polar surface area (TPSA) is 15.3 Å². The van der Waals surface area contributed by atoms with Gasteiger partial charge in [0.1, 0.15) is 0 Å². The summed E-state index contributed by atoms with van der Waals surface area (Å²) in [4.78, 5) is 2.08. The molecule has 0 saturated heterocycles. The molecule has 0 radical (unpaired) electrons. The van der Waals surface area contributed by atoms with Crippen LogP contribution in [0.1, 0.15) is 30.5 Å². The van der Waals surface area contributed by atoms with Crippen LogP contribution in [0, 0.1) is 0 Å². The highest BCUT2D eigenvalue weighted by Gasteiger charge is 2.33. The highest BCUT2D eigenvalue weighted by Crippen LogP contribution is 2.38. The molecule has 0 unspecified atom stereocenters. The summed E-state index contributed by atoms with van der Waals surface area (Å²) >= 11 is 0. The largest absolute Gasteiger partial charge is 0.416 e. The third-order valence-corrected chi connectivity index (χ3v) is 3.50. The maximum Gasteiger partial charge on any atom is 0.416 e. The minimum absolute atomic E-state index is 0.0635. The van der Waals surface area contributed by atoms with Crippen LogP contribution >= 0.6 is 0 Å². The van der Waals surface area contributed by atoms with Crippen molar-refractivity contribution in [2.24, 2.45) is 0 Å². The number of alkyl halides is 3. The minimum Gasteiger partial charge on any atom is -0.385 e. The number of benzene rings is 1. The number of anilines is 1. The summed E-state index contributed by atoms with van der Waals surface area (Å²) in [6, 6.07) is 4.01. The molecule has 1 aliphatic rings. The number of rotatable bonds is 2. The molecular formula is C13H17F3N2. The summed E-state index contributed by atoms with van der Waals surface area (Å²) in [6.07, 6.45) is -3.44. The quantitative estimate of drug-likeness (QED) is 0.873. The van der Waals surface area contributed by atoms with E-state index in [1.54, 1.807) is 0 Å². The maximum atomic E-state index is 12.7. The van der Waals surface area contributed by atoms with Crippen molar-refractivity contribution in [1.29, 1.82) is 0 Å². The van der Waals surface area contributed by atoms with Gasteiger partial charge in [-0.2, -0.15) is 13.2 Å². The van der Waals surface area contributed by atoms with E-state index in [1.165, 1.54) is 12.1 Å². The molecule has 18 heavy (non-hydrogen) atoms. The van der Waals surface area contributed by atoms with Crippen LogP contribution in [0.5, 0.6) is 0 Å². The minimum atomic E-state index is -4.28. The van der Waals surface area contributed by atoms with Gasteiger partial charge in [-0.3, -0.25) is 4.90 Å². The Morgan fingerprint density at radius 2 is 2.11 bits per heavy atom. The van der Waals surface area contributed by atoms with Crippen molar-refractivity contribution in [3.8, 4) is 0 Å². The number of hydrogen-bond donors (Lipinski definition) is 1. The Kier molecular flexibility index (Phi) is 3.52. The van der Waals surface area contributed by atoms with Crippen LogP contribution in [0.15, 0.2) is 18.2 Å². The number of nitrogens with one attached hydrogen (secondary N) is 1. The van der Waals surface area contributed by atoms with Crippen molar-refractivity contribution >= 4 is 5.69 Å². The smallest absolute Gasteiger partial charge is 0.385 e. The fraction of sp³-hybridized carbons (Fsp3) is 0.538. The van der Waals surface area contributed by atoms with Crippen LogP contribution in [0.3, 0.4) is 0 Å². The van der Waals surface area contributed by atoms with E-state index in [4.69, 9.17) is 0 Å². The Balaban J connectivity index is 2.41. The number of fused-ring (bicyclic) bond motifs is 1. The zero-order valence-corrected chi connectivity index (χ0v) is 10.5. The summed E-state index contributed by atoms with van der Waals surface area (Å²) in [5.74, 6) is 0. The normalized spacial score (nSPS) is 19.6. The summed E-state index contributed by atoms with van der Waals surface area (Å²) in [7, 11) is 1.94. The van der Waals surface area contributed by atoms with Crippen molar-refractivity contribution in [2.75, 3.05) is 25.5 Å². The number of hydrogen-bond acceptors (Lipinski definition) is 2. The molecule has 0 aromatic heterocycles. The van der Waals surface area contributed by atoms with Gasteiger partial charge in [0.2, 0.25) is 0 Å². The predicted molar refractivity (Wildman–Crippen MR) is 65.6 cm³/mol. The van der Waals surface area contributed by atoms with Crippen molar-refractivity contribution < 1.29 is 13.2 Å². The van der Waals surface area contributed by atoms with E-state index in [9.17, 15) is 13.2 Å². The first kappa shape index (κ1) is 13.2. The van der Waals surface area contributed by atoms with E-state index in [1.807, 2.05) is 14.0 Å². The molecule has 0 bridgehead atoms. The van der Waals surface area contributed by atoms with Crippen molar-refractivity contribution in [2.45, 2.75) is 25.6 Å². The van der Waals surface area contributed by atoms with Gasteiger partial charge >= 0.3 is 6.18 Å². The highest BCUT2D eigenvalue weighted by molar-refractivity contribution is 5.56. The Bertz CT molecular complexity index is 429. The van der Waals surface area contributed by atoms with E-state index >= 15 is 0 Å². The van der Waals surface area contributed by atoms with Gasteiger partial charge in [-0.25, -0.2) is 0 Å². The lowest BCUT2D eigenvalue weighted by Gasteiger charge is -2.33. The van der Waals surface area contributed by atoms with Crippen LogP contribution in [0.4, 0.5) is 18.9 Å². The average molecular weight is 258 g/mol. The summed E-state index contributed by atoms with van der Waals surface area (Å²) < 4.78 is 38.2. The van der Waals surface area contributed by atoms with Gasteiger partial charge in [-0.05, 0) is 43.8 Å². The summed E-state index contributed by atoms with van der Waals surface area (Å²) in [5.41, 5.74) is 0.999. The zero-order valence-electron chi connectivity index (χ0n) is 10.5. The number of halogens is 3. The zero-order chi connectivity index (χ0) is 13.3. The van der Waals surface area contributed by atoms with Crippen molar-refractivity contribution in [1.82, 2.24) is 4.90 Å². The first-order chi connectivity index (χ1) is 8.43. The first-order valence-electron chi connectivity index (χ1n) is 6.08. The standard InChI is InChI=1S/C13H17F3N2/c1-3-18(2)12-6-7-17-11-5-4-9(8-10(11)12)13(14,15)16/h4-5,8,12,17H,3,6-7H2,1-2H3/t12-/m0/s1. The summed E-state index contributed by atoms with van der Waals surface area (Å²) in [5, 5.41) is 3.16. The van der Waals surface area contributed by atoms with Gasteiger partial charge in [0.15, 0.2) is 0 Å². The molecule has 5 heteroatoms. The third-order valence-electron chi connectivity index (χ3n) is 3.50. The van der Waals surface area contributed by atoms with E-state index in [2.05, 4.69) is 10.2 Å². The molecule has 0 amide bonds. The Morgan fingerprint density at radius 3 is 2.72 bits per heavy atom. The van der Waals surface area contributed by atoms with Crippen LogP contribution in [0.25, 0.3) is 0 Å². The van der Waals surface area contributed by atoms with Gasteiger partial charge in [0.05, 0.1) is 5.56 Å². The van der Waals surface area contributed by atoms with Crippen molar-refractivity contribution in [3.05, 3.63) is 29.3 Å². The molecule has 2 nitrogen and oxygen atoms in total. The Hall–Kier alpha value is -1.23. The lowest BCUT2D eigenvalue weighted by Crippen LogP contribution is -2.30. The fourth-order valence-corrected chi connectivity index (χ4v) is 2.35. The van der Waals surface area contributed by atoms with Crippen molar-refractivity contribution in [3.63, 3.8) is 0 Å². The molecule has 0 saturated carbocycles. The molecule has 100 valence electrons. The molecule has 1 heterocycles. The molecule has 2 rings (SSSR count).